The van der Waals surface area contributed by atoms with Crippen LogP contribution in [0.15, 0.2) is 22.7 Å². The van der Waals surface area contributed by atoms with Gasteiger partial charge in [0.05, 0.1) is 0 Å². The zero-order valence-corrected chi connectivity index (χ0v) is 18.7. The minimum atomic E-state index is -0.101. The highest BCUT2D eigenvalue weighted by atomic mass is 79.9. The maximum absolute atomic E-state index is 14.6. The van der Waals surface area contributed by atoms with E-state index < -0.39 is 0 Å². The SMILES string of the molecule is Cn1c(CCNC2CCCCC2)c2n(c1=S)C[C@@]1(c3cc(Br)ccc3F)C[C@@H]21. The molecule has 2 fully saturated rings. The normalized spacial score (nSPS) is 26.3. The average molecular weight is 464 g/mol. The monoisotopic (exact) mass is 463 g/mol. The van der Waals surface area contributed by atoms with Gasteiger partial charge in [-0.3, -0.25) is 0 Å². The van der Waals surface area contributed by atoms with E-state index in [1.54, 1.807) is 12.1 Å². The number of benzene rings is 1. The third-order valence-corrected chi connectivity index (χ3v) is 8.21. The molecule has 2 aliphatic carbocycles. The number of halogens is 2. The van der Waals surface area contributed by atoms with Crippen LogP contribution in [0.4, 0.5) is 4.39 Å². The highest BCUT2D eigenvalue weighted by molar-refractivity contribution is 9.10. The predicted molar refractivity (Wildman–Crippen MR) is 116 cm³/mol. The molecule has 3 nitrogen and oxygen atoms in total. The molecular weight excluding hydrogens is 437 g/mol. The molecule has 2 saturated carbocycles. The van der Waals surface area contributed by atoms with E-state index in [4.69, 9.17) is 12.2 Å². The average Bonchev–Trinajstić information content (AvgIpc) is 3.26. The van der Waals surface area contributed by atoms with Crippen LogP contribution < -0.4 is 5.32 Å². The van der Waals surface area contributed by atoms with E-state index in [0.29, 0.717) is 12.0 Å². The van der Waals surface area contributed by atoms with Crippen LogP contribution in [0.5, 0.6) is 0 Å². The first-order valence-electron chi connectivity index (χ1n) is 10.5. The van der Waals surface area contributed by atoms with Gasteiger partial charge in [-0.25, -0.2) is 4.39 Å². The van der Waals surface area contributed by atoms with Crippen molar-refractivity contribution in [3.63, 3.8) is 0 Å². The fourth-order valence-corrected chi connectivity index (χ4v) is 6.28. The van der Waals surface area contributed by atoms with Crippen molar-refractivity contribution in [1.82, 2.24) is 14.5 Å². The van der Waals surface area contributed by atoms with Crippen LogP contribution in [0.25, 0.3) is 0 Å². The zero-order valence-electron chi connectivity index (χ0n) is 16.3. The lowest BCUT2D eigenvalue weighted by Crippen LogP contribution is -2.32. The van der Waals surface area contributed by atoms with Gasteiger partial charge in [-0.2, -0.15) is 0 Å². The van der Waals surface area contributed by atoms with E-state index in [2.05, 4.69) is 37.4 Å². The first-order chi connectivity index (χ1) is 13.5. The molecule has 2 heterocycles. The van der Waals surface area contributed by atoms with Gasteiger partial charge < -0.3 is 14.5 Å². The van der Waals surface area contributed by atoms with Crippen LogP contribution in [0.1, 0.15) is 61.4 Å². The van der Waals surface area contributed by atoms with Gasteiger partial charge in [0.1, 0.15) is 5.82 Å². The van der Waals surface area contributed by atoms with E-state index in [0.717, 1.165) is 40.7 Å². The molecular formula is C22H27BrFN3S. The summed E-state index contributed by atoms with van der Waals surface area (Å²) in [7, 11) is 2.09. The number of nitrogens with one attached hydrogen (secondary N) is 1. The molecule has 2 atom stereocenters. The van der Waals surface area contributed by atoms with Gasteiger partial charge in [0.15, 0.2) is 4.77 Å². The van der Waals surface area contributed by atoms with Crippen molar-refractivity contribution in [3.05, 3.63) is 50.2 Å². The van der Waals surface area contributed by atoms with Gasteiger partial charge in [0, 0.05) is 59.8 Å². The lowest BCUT2D eigenvalue weighted by molar-refractivity contribution is 0.374. The predicted octanol–water partition coefficient (Wildman–Crippen LogP) is 5.36. The third-order valence-electron chi connectivity index (χ3n) is 7.22. The smallest absolute Gasteiger partial charge is 0.180 e. The van der Waals surface area contributed by atoms with Gasteiger partial charge >= 0.3 is 0 Å². The summed E-state index contributed by atoms with van der Waals surface area (Å²) in [4.78, 5) is 0. The third kappa shape index (κ3) is 2.94. The van der Waals surface area contributed by atoms with Gasteiger partial charge in [-0.1, -0.05) is 35.2 Å². The lowest BCUT2D eigenvalue weighted by Gasteiger charge is -2.23. The number of imidazole rings is 1. The van der Waals surface area contributed by atoms with Crippen molar-refractivity contribution in [2.24, 2.45) is 7.05 Å². The maximum atomic E-state index is 14.6. The van der Waals surface area contributed by atoms with Crippen LogP contribution in [0.2, 0.25) is 0 Å². The van der Waals surface area contributed by atoms with E-state index in [1.165, 1.54) is 43.5 Å². The molecule has 1 aromatic heterocycles. The molecule has 0 saturated heterocycles. The van der Waals surface area contributed by atoms with E-state index >= 15 is 0 Å². The number of fused-ring (bicyclic) bond motifs is 3. The first kappa shape index (κ1) is 19.0. The summed E-state index contributed by atoms with van der Waals surface area (Å²) in [6, 6.07) is 6.01. The Bertz CT molecular complexity index is 975. The summed E-state index contributed by atoms with van der Waals surface area (Å²) in [6.45, 7) is 1.80. The van der Waals surface area contributed by atoms with Gasteiger partial charge in [-0.15, -0.1) is 0 Å². The van der Waals surface area contributed by atoms with Crippen molar-refractivity contribution in [3.8, 4) is 0 Å². The standard InChI is InChI=1S/C22H27BrFN3S/c1-26-19(9-10-25-15-5-3-2-4-6-15)20-17-12-22(17,13-27(20)21(26)28)16-11-14(23)7-8-18(16)24/h7-8,11,15,17,25H,2-6,9-10,12-13H2,1H3/t17-,22+/m0/s1. The highest BCUT2D eigenvalue weighted by Gasteiger charge is 2.63. The molecule has 28 heavy (non-hydrogen) atoms. The van der Waals surface area contributed by atoms with E-state index in [9.17, 15) is 4.39 Å². The van der Waals surface area contributed by atoms with Crippen LogP contribution in [-0.4, -0.2) is 21.7 Å². The summed E-state index contributed by atoms with van der Waals surface area (Å²) in [5.74, 6) is 0.302. The molecule has 0 spiro atoms. The van der Waals surface area contributed by atoms with Gasteiger partial charge in [-0.05, 0) is 55.2 Å². The van der Waals surface area contributed by atoms with Gasteiger partial charge in [0.2, 0.25) is 0 Å². The fourth-order valence-electron chi connectivity index (χ4n) is 5.65. The fraction of sp³-hybridized carbons (Fsp3) is 0.591. The summed E-state index contributed by atoms with van der Waals surface area (Å²) in [6.07, 6.45) is 8.73. The summed E-state index contributed by atoms with van der Waals surface area (Å²) >= 11 is 9.27. The zero-order chi connectivity index (χ0) is 19.5. The van der Waals surface area contributed by atoms with Crippen molar-refractivity contribution in [1.29, 1.82) is 0 Å². The largest absolute Gasteiger partial charge is 0.324 e. The second-order valence-electron chi connectivity index (χ2n) is 8.84. The Morgan fingerprint density at radius 2 is 2.07 bits per heavy atom. The molecule has 0 bridgehead atoms. The minimum Gasteiger partial charge on any atom is -0.324 e. The molecule has 0 amide bonds. The number of nitrogens with zero attached hydrogens (tertiary/aromatic N) is 2. The number of hydrogen-bond donors (Lipinski definition) is 1. The molecule has 2 aromatic rings. The molecule has 5 rings (SSSR count). The number of aromatic nitrogens is 2. The minimum absolute atomic E-state index is 0.0905. The second-order valence-corrected chi connectivity index (χ2v) is 10.1. The Balaban J connectivity index is 1.39. The Hall–Kier alpha value is -0.980. The topological polar surface area (TPSA) is 21.9 Å². The molecule has 0 radical (unpaired) electrons. The second kappa shape index (κ2) is 7.06. The highest BCUT2D eigenvalue weighted by Crippen LogP contribution is 2.66. The first-order valence-corrected chi connectivity index (χ1v) is 11.7. The van der Waals surface area contributed by atoms with Crippen LogP contribution >= 0.6 is 28.1 Å². The summed E-state index contributed by atoms with van der Waals surface area (Å²) in [5.41, 5.74) is 3.45. The van der Waals surface area contributed by atoms with E-state index in [-0.39, 0.29) is 11.2 Å². The Morgan fingerprint density at radius 1 is 1.29 bits per heavy atom. The van der Waals surface area contributed by atoms with E-state index in [1.807, 2.05) is 6.07 Å². The van der Waals surface area contributed by atoms with Crippen molar-refractivity contribution in [2.75, 3.05) is 6.54 Å². The summed E-state index contributed by atoms with van der Waals surface area (Å²) in [5, 5.41) is 3.76. The van der Waals surface area contributed by atoms with Crippen LogP contribution in [0, 0.1) is 10.6 Å². The number of hydrogen-bond acceptors (Lipinski definition) is 2. The molecule has 3 aliphatic rings. The lowest BCUT2D eigenvalue weighted by atomic mass is 9.93. The Labute approximate surface area is 179 Å². The maximum Gasteiger partial charge on any atom is 0.180 e. The Kier molecular flexibility index (Phi) is 4.80. The Morgan fingerprint density at radius 3 is 2.86 bits per heavy atom. The molecule has 1 N–H and O–H groups in total. The molecule has 150 valence electrons. The van der Waals surface area contributed by atoms with Gasteiger partial charge in [0.25, 0.3) is 0 Å². The summed E-state index contributed by atoms with van der Waals surface area (Å²) < 4.78 is 20.9. The van der Waals surface area contributed by atoms with Crippen LogP contribution in [0.3, 0.4) is 0 Å². The molecule has 1 aromatic carbocycles. The number of rotatable bonds is 5. The van der Waals surface area contributed by atoms with Crippen molar-refractivity contribution in [2.45, 2.75) is 68.9 Å². The quantitative estimate of drug-likeness (QED) is 0.602. The van der Waals surface area contributed by atoms with Crippen molar-refractivity contribution < 1.29 is 4.39 Å². The van der Waals surface area contributed by atoms with Crippen molar-refractivity contribution >= 4 is 28.1 Å². The molecule has 0 unspecified atom stereocenters. The van der Waals surface area contributed by atoms with Crippen LogP contribution in [-0.2, 0) is 25.4 Å². The molecule has 1 aliphatic heterocycles. The molecule has 6 heteroatoms.